The van der Waals surface area contributed by atoms with E-state index in [2.05, 4.69) is 15.3 Å². The minimum atomic E-state index is -4.48. The maximum Gasteiger partial charge on any atom is 0.402 e. The standard InChI is InChI=1S/C15H13ClF3N3/c1-2-5-14(15(17,18)19)10-6-9(16)3-4-12(10)22-13-11(14)7-20-8-21-13/h3-4,6-8H,2,5H2,1H3,(H,20,21,22). The molecule has 3 nitrogen and oxygen atoms in total. The van der Waals surface area contributed by atoms with Crippen LogP contribution in [0, 0.1) is 0 Å². The summed E-state index contributed by atoms with van der Waals surface area (Å²) in [5.41, 5.74) is -1.61. The summed E-state index contributed by atoms with van der Waals surface area (Å²) < 4.78 is 42.4. The summed E-state index contributed by atoms with van der Waals surface area (Å²) in [6.45, 7) is 1.73. The van der Waals surface area contributed by atoms with Gasteiger partial charge in [0.1, 0.15) is 17.6 Å². The van der Waals surface area contributed by atoms with Crippen LogP contribution >= 0.6 is 11.6 Å². The van der Waals surface area contributed by atoms with Crippen molar-refractivity contribution in [1.29, 1.82) is 0 Å². The molecule has 1 aromatic heterocycles. The van der Waals surface area contributed by atoms with Crippen LogP contribution in [0.1, 0.15) is 30.9 Å². The van der Waals surface area contributed by atoms with E-state index in [0.717, 1.165) is 0 Å². The van der Waals surface area contributed by atoms with Crippen molar-refractivity contribution in [3.8, 4) is 0 Å². The highest BCUT2D eigenvalue weighted by Crippen LogP contribution is 2.56. The molecule has 7 heteroatoms. The van der Waals surface area contributed by atoms with E-state index in [9.17, 15) is 13.2 Å². The Hall–Kier alpha value is -1.82. The maximum absolute atomic E-state index is 14.1. The molecule has 0 saturated carbocycles. The first-order valence-corrected chi connectivity index (χ1v) is 7.22. The number of benzene rings is 1. The third-order valence-electron chi connectivity index (χ3n) is 3.98. The van der Waals surface area contributed by atoms with Crippen LogP contribution in [0.4, 0.5) is 24.7 Å². The van der Waals surface area contributed by atoms with Gasteiger partial charge in [0.2, 0.25) is 0 Å². The number of alkyl halides is 3. The highest BCUT2D eigenvalue weighted by Gasteiger charge is 2.60. The summed E-state index contributed by atoms with van der Waals surface area (Å²) in [7, 11) is 0. The molecular weight excluding hydrogens is 315 g/mol. The molecule has 1 aliphatic heterocycles. The summed E-state index contributed by atoms with van der Waals surface area (Å²) in [6.07, 6.45) is -1.74. The number of halogens is 4. The summed E-state index contributed by atoms with van der Waals surface area (Å²) in [4.78, 5) is 7.78. The first-order chi connectivity index (χ1) is 10.4. The van der Waals surface area contributed by atoms with Gasteiger partial charge in [-0.3, -0.25) is 0 Å². The molecule has 116 valence electrons. The lowest BCUT2D eigenvalue weighted by Crippen LogP contribution is -2.46. The van der Waals surface area contributed by atoms with E-state index in [-0.39, 0.29) is 28.4 Å². The fourth-order valence-corrected chi connectivity index (χ4v) is 3.26. The normalized spacial score (nSPS) is 20.0. The number of hydrogen-bond acceptors (Lipinski definition) is 3. The second kappa shape index (κ2) is 5.12. The Bertz CT molecular complexity index is 717. The van der Waals surface area contributed by atoms with Crippen LogP contribution in [0.2, 0.25) is 5.02 Å². The van der Waals surface area contributed by atoms with Gasteiger partial charge in [-0.15, -0.1) is 0 Å². The van der Waals surface area contributed by atoms with Crippen molar-refractivity contribution < 1.29 is 13.2 Å². The van der Waals surface area contributed by atoms with Gasteiger partial charge in [-0.1, -0.05) is 24.9 Å². The summed E-state index contributed by atoms with van der Waals surface area (Å²) in [5.74, 6) is 0.190. The summed E-state index contributed by atoms with van der Waals surface area (Å²) >= 11 is 5.95. The van der Waals surface area contributed by atoms with Crippen LogP contribution < -0.4 is 5.32 Å². The number of rotatable bonds is 2. The smallest absolute Gasteiger partial charge is 0.340 e. The van der Waals surface area contributed by atoms with Gasteiger partial charge in [0.15, 0.2) is 0 Å². The molecule has 2 heterocycles. The van der Waals surface area contributed by atoms with E-state index in [1.165, 1.54) is 18.6 Å². The molecule has 22 heavy (non-hydrogen) atoms. The topological polar surface area (TPSA) is 37.8 Å². The van der Waals surface area contributed by atoms with Gasteiger partial charge in [-0.2, -0.15) is 13.2 Å². The quantitative estimate of drug-likeness (QED) is 0.858. The number of hydrogen-bond donors (Lipinski definition) is 1. The van der Waals surface area contributed by atoms with Gasteiger partial charge in [0, 0.05) is 22.5 Å². The third kappa shape index (κ3) is 2.05. The molecule has 2 aromatic rings. The van der Waals surface area contributed by atoms with Crippen molar-refractivity contribution in [2.45, 2.75) is 31.4 Å². The van der Waals surface area contributed by atoms with Gasteiger partial charge in [-0.05, 0) is 30.2 Å². The van der Waals surface area contributed by atoms with Crippen molar-refractivity contribution in [2.75, 3.05) is 5.32 Å². The van der Waals surface area contributed by atoms with Crippen LogP contribution in [0.25, 0.3) is 0 Å². The fourth-order valence-electron chi connectivity index (χ4n) is 3.08. The predicted octanol–water partition coefficient (Wildman–Crippen LogP) is 4.84. The number of aromatic nitrogens is 2. The number of nitrogens with one attached hydrogen (secondary N) is 1. The van der Waals surface area contributed by atoms with E-state index in [1.807, 2.05) is 0 Å². The Kier molecular flexibility index (Phi) is 3.51. The molecule has 1 atom stereocenters. The number of anilines is 2. The Labute approximate surface area is 130 Å². The van der Waals surface area contributed by atoms with Crippen molar-refractivity contribution in [2.24, 2.45) is 0 Å². The molecular formula is C15H13ClF3N3. The first-order valence-electron chi connectivity index (χ1n) is 6.84. The Morgan fingerprint density at radius 1 is 1.27 bits per heavy atom. The van der Waals surface area contributed by atoms with Gasteiger partial charge in [-0.25, -0.2) is 9.97 Å². The average molecular weight is 328 g/mol. The van der Waals surface area contributed by atoms with Gasteiger partial charge < -0.3 is 5.32 Å². The van der Waals surface area contributed by atoms with Gasteiger partial charge in [0.05, 0.1) is 0 Å². The van der Waals surface area contributed by atoms with Crippen molar-refractivity contribution in [3.63, 3.8) is 0 Å². The third-order valence-corrected chi connectivity index (χ3v) is 4.21. The van der Waals surface area contributed by atoms with Crippen molar-refractivity contribution >= 4 is 23.1 Å². The van der Waals surface area contributed by atoms with Crippen LogP contribution in [-0.2, 0) is 5.41 Å². The van der Waals surface area contributed by atoms with Gasteiger partial charge in [0.25, 0.3) is 0 Å². The molecule has 0 radical (unpaired) electrons. The molecule has 1 aromatic carbocycles. The average Bonchev–Trinajstić information content (AvgIpc) is 2.46. The highest BCUT2D eigenvalue weighted by molar-refractivity contribution is 6.30. The Morgan fingerprint density at radius 2 is 2.05 bits per heavy atom. The van der Waals surface area contributed by atoms with Crippen LogP contribution in [0.15, 0.2) is 30.7 Å². The Balaban J connectivity index is 2.38. The zero-order chi connectivity index (χ0) is 16.0. The first kappa shape index (κ1) is 15.1. The molecule has 1 aliphatic rings. The predicted molar refractivity (Wildman–Crippen MR) is 78.5 cm³/mol. The van der Waals surface area contributed by atoms with Crippen LogP contribution in [0.5, 0.6) is 0 Å². The molecule has 0 aliphatic carbocycles. The zero-order valence-corrected chi connectivity index (χ0v) is 12.5. The van der Waals surface area contributed by atoms with Crippen molar-refractivity contribution in [3.05, 3.63) is 46.9 Å². The molecule has 1 unspecified atom stereocenters. The number of nitrogens with zero attached hydrogens (tertiary/aromatic N) is 2. The molecule has 3 rings (SSSR count). The molecule has 0 fully saturated rings. The molecule has 0 spiro atoms. The molecule has 0 saturated heterocycles. The largest absolute Gasteiger partial charge is 0.402 e. The molecule has 0 amide bonds. The van der Waals surface area contributed by atoms with E-state index in [0.29, 0.717) is 12.1 Å². The lowest BCUT2D eigenvalue weighted by atomic mass is 9.69. The molecule has 1 N–H and O–H groups in total. The van der Waals surface area contributed by atoms with E-state index in [4.69, 9.17) is 11.6 Å². The van der Waals surface area contributed by atoms with Crippen molar-refractivity contribution in [1.82, 2.24) is 9.97 Å². The number of fused-ring (bicyclic) bond motifs is 2. The second-order valence-corrected chi connectivity index (χ2v) is 5.69. The van der Waals surface area contributed by atoms with E-state index >= 15 is 0 Å². The lowest BCUT2D eigenvalue weighted by Gasteiger charge is -2.41. The Morgan fingerprint density at radius 3 is 2.73 bits per heavy atom. The van der Waals surface area contributed by atoms with Gasteiger partial charge >= 0.3 is 6.18 Å². The maximum atomic E-state index is 14.1. The van der Waals surface area contributed by atoms with E-state index in [1.54, 1.807) is 19.1 Å². The molecule has 0 bridgehead atoms. The fraction of sp³-hybridized carbons (Fsp3) is 0.333. The zero-order valence-electron chi connectivity index (χ0n) is 11.7. The summed E-state index contributed by atoms with van der Waals surface area (Å²) in [6, 6.07) is 4.49. The summed E-state index contributed by atoms with van der Waals surface area (Å²) in [5, 5.41) is 3.21. The lowest BCUT2D eigenvalue weighted by molar-refractivity contribution is -0.180. The van der Waals surface area contributed by atoms with E-state index < -0.39 is 11.6 Å². The monoisotopic (exact) mass is 327 g/mol. The minimum absolute atomic E-state index is 0.0408. The van der Waals surface area contributed by atoms with Crippen LogP contribution in [0.3, 0.4) is 0 Å². The minimum Gasteiger partial charge on any atom is -0.340 e. The highest BCUT2D eigenvalue weighted by atomic mass is 35.5. The van der Waals surface area contributed by atoms with Crippen LogP contribution in [-0.4, -0.2) is 16.1 Å². The SMILES string of the molecule is CCCC1(C(F)(F)F)c2cc(Cl)ccc2Nc2ncncc21. The second-order valence-electron chi connectivity index (χ2n) is 5.25.